The first-order chi connectivity index (χ1) is 11.4. The molecule has 24 heavy (non-hydrogen) atoms. The van der Waals surface area contributed by atoms with Crippen LogP contribution >= 0.6 is 0 Å². The summed E-state index contributed by atoms with van der Waals surface area (Å²) < 4.78 is 27.4. The average Bonchev–Trinajstić information content (AvgIpc) is 2.53. The molecule has 4 nitrogen and oxygen atoms in total. The highest BCUT2D eigenvalue weighted by atomic mass is 32.2. The number of aromatic nitrogens is 1. The number of para-hydroxylation sites is 2. The first-order valence-corrected chi connectivity index (χ1v) is 9.47. The normalized spacial score (nSPS) is 18.3. The molecule has 122 valence electrons. The third-order valence-electron chi connectivity index (χ3n) is 4.48. The van der Waals surface area contributed by atoms with E-state index in [0.29, 0.717) is 11.4 Å². The number of fused-ring (bicyclic) bond motifs is 2. The van der Waals surface area contributed by atoms with Gasteiger partial charge in [-0.05, 0) is 23.8 Å². The first kappa shape index (κ1) is 15.1. The van der Waals surface area contributed by atoms with Crippen molar-refractivity contribution < 1.29 is 8.42 Å². The lowest BCUT2D eigenvalue weighted by Gasteiger charge is -2.39. The second-order valence-corrected chi connectivity index (χ2v) is 8.63. The summed E-state index contributed by atoms with van der Waals surface area (Å²) in [5.74, 6) is 0.0733. The molecular formula is C19H18N2O2S. The molecule has 0 spiro atoms. The summed E-state index contributed by atoms with van der Waals surface area (Å²) in [4.78, 5) is 4.43. The smallest absolute Gasteiger partial charge is 0.240 e. The molecule has 2 aromatic carbocycles. The monoisotopic (exact) mass is 338 g/mol. The zero-order valence-corrected chi connectivity index (χ0v) is 14.4. The molecule has 0 amide bonds. The zero-order chi connectivity index (χ0) is 16.9. The van der Waals surface area contributed by atoms with Crippen molar-refractivity contribution in [3.05, 3.63) is 66.4 Å². The van der Waals surface area contributed by atoms with Gasteiger partial charge in [0.1, 0.15) is 0 Å². The number of sulfonamides is 1. The predicted molar refractivity (Wildman–Crippen MR) is 97.1 cm³/mol. The van der Waals surface area contributed by atoms with Gasteiger partial charge in [-0.1, -0.05) is 50.2 Å². The molecule has 3 aromatic rings. The van der Waals surface area contributed by atoms with E-state index in [-0.39, 0.29) is 5.75 Å². The van der Waals surface area contributed by atoms with E-state index >= 15 is 0 Å². The van der Waals surface area contributed by atoms with E-state index in [1.54, 1.807) is 6.20 Å². The minimum atomic E-state index is -3.47. The van der Waals surface area contributed by atoms with Crippen molar-refractivity contribution in [1.82, 2.24) is 4.98 Å². The van der Waals surface area contributed by atoms with Crippen LogP contribution in [0.25, 0.3) is 10.9 Å². The largest absolute Gasteiger partial charge is 0.254 e. The molecule has 0 bridgehead atoms. The molecule has 0 unspecified atom stereocenters. The Morgan fingerprint density at radius 3 is 2.58 bits per heavy atom. The van der Waals surface area contributed by atoms with Crippen molar-refractivity contribution in [1.29, 1.82) is 0 Å². The number of benzene rings is 2. The van der Waals surface area contributed by atoms with E-state index in [4.69, 9.17) is 0 Å². The number of pyridine rings is 1. The van der Waals surface area contributed by atoms with Crippen molar-refractivity contribution in [3.8, 4) is 0 Å². The van der Waals surface area contributed by atoms with Crippen LogP contribution in [0.5, 0.6) is 0 Å². The van der Waals surface area contributed by atoms with E-state index in [1.165, 1.54) is 4.31 Å². The van der Waals surface area contributed by atoms with Crippen molar-refractivity contribution >= 4 is 32.3 Å². The van der Waals surface area contributed by atoms with Crippen LogP contribution in [0, 0.1) is 0 Å². The van der Waals surface area contributed by atoms with Crippen molar-refractivity contribution in [2.45, 2.75) is 19.3 Å². The molecular weight excluding hydrogens is 320 g/mol. The Labute approximate surface area is 141 Å². The lowest BCUT2D eigenvalue weighted by Crippen LogP contribution is -2.43. The van der Waals surface area contributed by atoms with Gasteiger partial charge in [-0.15, -0.1) is 0 Å². The number of anilines is 2. The third-order valence-corrected chi connectivity index (χ3v) is 6.53. The number of hydrogen-bond donors (Lipinski definition) is 0. The standard InChI is InChI=1S/C19H18N2O2S/c1-19(2)13-24(22,23)21(18-10-6-4-8-16(18)19)15-11-14-7-3-5-9-17(14)20-12-15/h3-12H,13H2,1-2H3. The molecule has 0 N–H and O–H groups in total. The Kier molecular flexibility index (Phi) is 3.18. The Hall–Kier alpha value is -2.40. The SMILES string of the molecule is CC1(C)CS(=O)(=O)N(c2cnc3ccccc3c2)c2ccccc21. The molecule has 5 heteroatoms. The molecule has 2 heterocycles. The van der Waals surface area contributed by atoms with Crippen LogP contribution in [0.15, 0.2) is 60.8 Å². The number of nitrogens with zero attached hydrogens (tertiary/aromatic N) is 2. The van der Waals surface area contributed by atoms with Gasteiger partial charge in [-0.2, -0.15) is 0 Å². The second kappa shape index (κ2) is 5.05. The van der Waals surface area contributed by atoms with Gasteiger partial charge in [0.2, 0.25) is 10.0 Å². The van der Waals surface area contributed by atoms with Crippen LogP contribution in [0.4, 0.5) is 11.4 Å². The summed E-state index contributed by atoms with van der Waals surface area (Å²) in [5, 5.41) is 0.924. The molecule has 0 radical (unpaired) electrons. The molecule has 1 aliphatic heterocycles. The van der Waals surface area contributed by atoms with Gasteiger partial charge in [0.25, 0.3) is 0 Å². The Balaban J connectivity index is 1.98. The van der Waals surface area contributed by atoms with E-state index < -0.39 is 15.4 Å². The van der Waals surface area contributed by atoms with Gasteiger partial charge < -0.3 is 0 Å². The quantitative estimate of drug-likeness (QED) is 0.674. The van der Waals surface area contributed by atoms with Crippen molar-refractivity contribution in [2.75, 3.05) is 10.1 Å². The highest BCUT2D eigenvalue weighted by Crippen LogP contribution is 2.43. The fourth-order valence-electron chi connectivity index (χ4n) is 3.44. The summed E-state index contributed by atoms with van der Waals surface area (Å²) in [6, 6.07) is 17.3. The highest BCUT2D eigenvalue weighted by molar-refractivity contribution is 7.93. The first-order valence-electron chi connectivity index (χ1n) is 7.86. The Morgan fingerprint density at radius 1 is 1.04 bits per heavy atom. The van der Waals surface area contributed by atoms with Gasteiger partial charge in [0, 0.05) is 10.8 Å². The lowest BCUT2D eigenvalue weighted by atomic mass is 9.85. The van der Waals surface area contributed by atoms with Crippen LogP contribution in [-0.2, 0) is 15.4 Å². The molecule has 4 rings (SSSR count). The maximum absolute atomic E-state index is 13.0. The minimum Gasteiger partial charge on any atom is -0.254 e. The van der Waals surface area contributed by atoms with Gasteiger partial charge >= 0.3 is 0 Å². The fourth-order valence-corrected chi connectivity index (χ4v) is 5.52. The number of hydrogen-bond acceptors (Lipinski definition) is 3. The average molecular weight is 338 g/mol. The molecule has 0 fully saturated rings. The van der Waals surface area contributed by atoms with Crippen LogP contribution in [0.1, 0.15) is 19.4 Å². The fraction of sp³-hybridized carbons (Fsp3) is 0.211. The van der Waals surface area contributed by atoms with Gasteiger partial charge in [-0.3, -0.25) is 4.98 Å². The Bertz CT molecular complexity index is 1040. The maximum Gasteiger partial charge on any atom is 0.240 e. The molecule has 1 aliphatic rings. The summed E-state index contributed by atoms with van der Waals surface area (Å²) in [6.45, 7) is 3.94. The van der Waals surface area contributed by atoms with Crippen LogP contribution in [0.2, 0.25) is 0 Å². The molecule has 0 atom stereocenters. The van der Waals surface area contributed by atoms with Crippen molar-refractivity contribution in [2.24, 2.45) is 0 Å². The topological polar surface area (TPSA) is 50.3 Å². The molecule has 1 aromatic heterocycles. The Morgan fingerprint density at radius 2 is 1.75 bits per heavy atom. The summed E-state index contributed by atoms with van der Waals surface area (Å²) in [5.41, 5.74) is 2.76. The molecule has 0 saturated heterocycles. The van der Waals surface area contributed by atoms with Gasteiger partial charge in [0.15, 0.2) is 0 Å². The summed E-state index contributed by atoms with van der Waals surface area (Å²) in [7, 11) is -3.47. The molecule has 0 saturated carbocycles. The number of rotatable bonds is 1. The zero-order valence-electron chi connectivity index (χ0n) is 13.6. The highest BCUT2D eigenvalue weighted by Gasteiger charge is 2.41. The van der Waals surface area contributed by atoms with E-state index in [0.717, 1.165) is 16.5 Å². The van der Waals surface area contributed by atoms with E-state index in [1.807, 2.05) is 68.4 Å². The second-order valence-electron chi connectivity index (χ2n) is 6.81. The van der Waals surface area contributed by atoms with E-state index in [2.05, 4.69) is 4.98 Å². The summed E-state index contributed by atoms with van der Waals surface area (Å²) >= 11 is 0. The third kappa shape index (κ3) is 2.27. The minimum absolute atomic E-state index is 0.0733. The van der Waals surface area contributed by atoms with Gasteiger partial charge in [0.05, 0.1) is 28.8 Å². The van der Waals surface area contributed by atoms with Crippen LogP contribution < -0.4 is 4.31 Å². The van der Waals surface area contributed by atoms with Crippen LogP contribution in [0.3, 0.4) is 0 Å². The maximum atomic E-state index is 13.0. The van der Waals surface area contributed by atoms with E-state index in [9.17, 15) is 8.42 Å². The molecule has 0 aliphatic carbocycles. The van der Waals surface area contributed by atoms with Gasteiger partial charge in [-0.25, -0.2) is 12.7 Å². The lowest BCUT2D eigenvalue weighted by molar-refractivity contribution is 0.539. The van der Waals surface area contributed by atoms with Crippen molar-refractivity contribution in [3.63, 3.8) is 0 Å². The summed E-state index contributed by atoms with van der Waals surface area (Å²) in [6.07, 6.45) is 1.63. The van der Waals surface area contributed by atoms with Crippen LogP contribution in [-0.4, -0.2) is 19.2 Å². The predicted octanol–water partition coefficient (Wildman–Crippen LogP) is 3.99.